The van der Waals surface area contributed by atoms with Gasteiger partial charge in [0, 0.05) is 17.0 Å². The molecule has 0 heterocycles. The highest BCUT2D eigenvalue weighted by Gasteiger charge is 2.30. The summed E-state index contributed by atoms with van der Waals surface area (Å²) >= 11 is 1.39. The highest BCUT2D eigenvalue weighted by Crippen LogP contribution is 2.34. The summed E-state index contributed by atoms with van der Waals surface area (Å²) in [5, 5.41) is 8.46. The summed E-state index contributed by atoms with van der Waals surface area (Å²) in [5.41, 5.74) is 4.97. The molecule has 3 N–H and O–H groups in total. The van der Waals surface area contributed by atoms with E-state index in [-0.39, 0.29) is 12.1 Å². The maximum absolute atomic E-state index is 12.4. The largest absolute Gasteiger partial charge is 0.481 e. The predicted molar refractivity (Wildman–Crippen MR) is 72.7 cm³/mol. The molecule has 0 aliphatic rings. The van der Waals surface area contributed by atoms with Gasteiger partial charge in [-0.3, -0.25) is 4.79 Å². The van der Waals surface area contributed by atoms with Gasteiger partial charge in [0.05, 0.1) is 5.56 Å². The van der Waals surface area contributed by atoms with Crippen LogP contribution >= 0.6 is 11.8 Å². The van der Waals surface area contributed by atoms with Crippen LogP contribution in [-0.2, 0) is 11.0 Å². The number of aliphatic carboxylic acids is 1. The van der Waals surface area contributed by atoms with Crippen LogP contribution in [-0.4, -0.2) is 16.8 Å². The molecule has 0 atom stereocenters. The molecular weight excluding hydrogens is 291 g/mol. The van der Waals surface area contributed by atoms with Crippen LogP contribution in [0.5, 0.6) is 0 Å². The zero-order valence-electron chi connectivity index (χ0n) is 10.7. The zero-order chi connectivity index (χ0) is 15.2. The van der Waals surface area contributed by atoms with Crippen LogP contribution in [0.4, 0.5) is 18.9 Å². The van der Waals surface area contributed by atoms with Crippen LogP contribution in [0, 0.1) is 0 Å². The molecule has 1 aromatic rings. The van der Waals surface area contributed by atoms with E-state index in [4.69, 9.17) is 10.8 Å². The van der Waals surface area contributed by atoms with Crippen molar-refractivity contribution in [2.24, 2.45) is 0 Å². The van der Waals surface area contributed by atoms with Gasteiger partial charge in [-0.15, -0.1) is 11.8 Å². The minimum absolute atomic E-state index is 0.121. The lowest BCUT2D eigenvalue weighted by Crippen LogP contribution is -2.05. The van der Waals surface area contributed by atoms with E-state index in [2.05, 4.69) is 0 Å². The van der Waals surface area contributed by atoms with Crippen LogP contribution in [0.3, 0.4) is 0 Å². The number of anilines is 1. The van der Waals surface area contributed by atoms with Crippen LogP contribution in [0.15, 0.2) is 23.1 Å². The molecule has 0 saturated carbocycles. The maximum atomic E-state index is 12.4. The number of hydrogen-bond acceptors (Lipinski definition) is 3. The standard InChI is InChI=1S/C13H16F3NO2S/c14-13(15,16)9-5-6-11(10(17)8-9)20-7-3-1-2-4-12(18)19/h5-6,8H,1-4,7,17H2,(H,18,19). The Bertz CT molecular complexity index is 463. The number of alkyl halides is 3. The second kappa shape index (κ2) is 7.42. The number of nitrogens with two attached hydrogens (primary N) is 1. The van der Waals surface area contributed by atoms with Crippen LogP contribution in [0.1, 0.15) is 31.2 Å². The van der Waals surface area contributed by atoms with Gasteiger partial charge in [0.25, 0.3) is 0 Å². The number of carboxylic acid groups (broad SMARTS) is 1. The minimum Gasteiger partial charge on any atom is -0.481 e. The summed E-state index contributed by atoms with van der Waals surface area (Å²) in [6.45, 7) is 0. The highest BCUT2D eigenvalue weighted by atomic mass is 32.2. The fourth-order valence-electron chi connectivity index (χ4n) is 1.59. The number of unbranched alkanes of at least 4 members (excludes halogenated alkanes) is 2. The van der Waals surface area contributed by atoms with Crippen molar-refractivity contribution in [1.82, 2.24) is 0 Å². The lowest BCUT2D eigenvalue weighted by molar-refractivity contribution is -0.138. The summed E-state index contributed by atoms with van der Waals surface area (Å²) in [4.78, 5) is 10.9. The Kier molecular flexibility index (Phi) is 6.19. The number of rotatable bonds is 7. The van der Waals surface area contributed by atoms with Crippen molar-refractivity contribution in [1.29, 1.82) is 0 Å². The molecule has 0 unspecified atom stereocenters. The van der Waals surface area contributed by atoms with Gasteiger partial charge >= 0.3 is 12.1 Å². The first-order valence-electron chi connectivity index (χ1n) is 6.12. The molecule has 0 radical (unpaired) electrons. The van der Waals surface area contributed by atoms with Crippen LogP contribution < -0.4 is 5.73 Å². The predicted octanol–water partition coefficient (Wildman–Crippen LogP) is 4.02. The van der Waals surface area contributed by atoms with Crippen LogP contribution in [0.25, 0.3) is 0 Å². The Morgan fingerprint density at radius 3 is 2.50 bits per heavy atom. The number of carbonyl (C=O) groups is 1. The van der Waals surface area contributed by atoms with E-state index in [0.717, 1.165) is 25.0 Å². The molecule has 20 heavy (non-hydrogen) atoms. The van der Waals surface area contributed by atoms with Crippen molar-refractivity contribution in [2.45, 2.75) is 36.8 Å². The molecule has 0 aliphatic carbocycles. The zero-order valence-corrected chi connectivity index (χ0v) is 11.6. The Morgan fingerprint density at radius 1 is 1.25 bits per heavy atom. The van der Waals surface area contributed by atoms with Crippen molar-refractivity contribution in [3.63, 3.8) is 0 Å². The van der Waals surface area contributed by atoms with E-state index in [1.165, 1.54) is 17.8 Å². The first-order valence-corrected chi connectivity index (χ1v) is 7.10. The normalized spacial score (nSPS) is 11.6. The fraction of sp³-hybridized carbons (Fsp3) is 0.462. The average Bonchev–Trinajstić information content (AvgIpc) is 2.33. The molecule has 0 aliphatic heterocycles. The Labute approximate surface area is 119 Å². The van der Waals surface area contributed by atoms with E-state index >= 15 is 0 Å². The maximum Gasteiger partial charge on any atom is 0.416 e. The molecule has 0 bridgehead atoms. The quantitative estimate of drug-likeness (QED) is 0.453. The summed E-state index contributed by atoms with van der Waals surface area (Å²) in [6.07, 6.45) is -2.04. The van der Waals surface area contributed by atoms with Gasteiger partial charge in [-0.2, -0.15) is 13.2 Å². The monoisotopic (exact) mass is 307 g/mol. The van der Waals surface area contributed by atoms with Gasteiger partial charge in [0.15, 0.2) is 0 Å². The smallest absolute Gasteiger partial charge is 0.416 e. The van der Waals surface area contributed by atoms with Gasteiger partial charge in [-0.05, 0) is 36.8 Å². The topological polar surface area (TPSA) is 63.3 Å². The van der Waals surface area contributed by atoms with Crippen molar-refractivity contribution in [3.05, 3.63) is 23.8 Å². The molecule has 0 fully saturated rings. The number of hydrogen-bond donors (Lipinski definition) is 2. The molecular formula is C13H16F3NO2S. The second-order valence-corrected chi connectivity index (χ2v) is 5.44. The number of nitrogen functional groups attached to an aromatic ring is 1. The number of halogens is 3. The van der Waals surface area contributed by atoms with E-state index in [1.54, 1.807) is 0 Å². The van der Waals surface area contributed by atoms with Crippen molar-refractivity contribution in [2.75, 3.05) is 11.5 Å². The third-order valence-electron chi connectivity index (χ3n) is 2.63. The highest BCUT2D eigenvalue weighted by molar-refractivity contribution is 7.99. The third kappa shape index (κ3) is 5.73. The molecule has 112 valence electrons. The van der Waals surface area contributed by atoms with Gasteiger partial charge in [-0.1, -0.05) is 6.42 Å². The SMILES string of the molecule is Nc1cc(C(F)(F)F)ccc1SCCCCCC(=O)O. The minimum atomic E-state index is -4.38. The van der Waals surface area contributed by atoms with E-state index in [0.29, 0.717) is 17.1 Å². The van der Waals surface area contributed by atoms with Gasteiger partial charge in [0.1, 0.15) is 0 Å². The van der Waals surface area contributed by atoms with Crippen molar-refractivity contribution >= 4 is 23.4 Å². The second-order valence-electron chi connectivity index (χ2n) is 4.30. The first kappa shape index (κ1) is 16.7. The lowest BCUT2D eigenvalue weighted by atomic mass is 10.2. The number of thioether (sulfide) groups is 1. The van der Waals surface area contributed by atoms with Crippen molar-refractivity contribution < 1.29 is 23.1 Å². The summed E-state index contributed by atoms with van der Waals surface area (Å²) in [6, 6.07) is 3.33. The van der Waals surface area contributed by atoms with Crippen LogP contribution in [0.2, 0.25) is 0 Å². The molecule has 0 spiro atoms. The molecule has 1 rings (SSSR count). The molecule has 7 heteroatoms. The van der Waals surface area contributed by atoms with E-state index in [9.17, 15) is 18.0 Å². The summed E-state index contributed by atoms with van der Waals surface area (Å²) < 4.78 is 37.3. The summed E-state index contributed by atoms with van der Waals surface area (Å²) in [5.74, 6) is -0.112. The average molecular weight is 307 g/mol. The number of benzene rings is 1. The molecule has 0 saturated heterocycles. The van der Waals surface area contributed by atoms with E-state index in [1.807, 2.05) is 0 Å². The van der Waals surface area contributed by atoms with Gasteiger partial charge in [0.2, 0.25) is 0 Å². The molecule has 1 aromatic carbocycles. The van der Waals surface area contributed by atoms with E-state index < -0.39 is 17.7 Å². The third-order valence-corrected chi connectivity index (χ3v) is 3.81. The van der Waals surface area contributed by atoms with Gasteiger partial charge < -0.3 is 10.8 Å². The lowest BCUT2D eigenvalue weighted by Gasteiger charge is -2.10. The fourth-order valence-corrected chi connectivity index (χ4v) is 2.55. The molecule has 3 nitrogen and oxygen atoms in total. The Hall–Kier alpha value is -1.37. The number of carboxylic acids is 1. The van der Waals surface area contributed by atoms with Gasteiger partial charge in [-0.25, -0.2) is 0 Å². The van der Waals surface area contributed by atoms with Crippen molar-refractivity contribution in [3.8, 4) is 0 Å². The molecule has 0 amide bonds. The Balaban J connectivity index is 2.40. The molecule has 0 aromatic heterocycles. The Morgan fingerprint density at radius 2 is 1.95 bits per heavy atom. The first-order chi connectivity index (χ1) is 9.30. The summed E-state index contributed by atoms with van der Waals surface area (Å²) in [7, 11) is 0.